The molecule has 0 aliphatic rings. The normalized spacial score (nSPS) is 10.9. The van der Waals surface area contributed by atoms with E-state index in [-0.39, 0.29) is 0 Å². The van der Waals surface area contributed by atoms with Gasteiger partial charge in [-0.2, -0.15) is 4.98 Å². The van der Waals surface area contributed by atoms with E-state index in [0.29, 0.717) is 12.5 Å². The third-order valence-corrected chi connectivity index (χ3v) is 3.97. The number of fused-ring (bicyclic) bond motifs is 1. The molecule has 0 fully saturated rings. The molecule has 0 saturated heterocycles. The molecule has 0 aliphatic carbocycles. The minimum atomic E-state index is 0.612. The highest BCUT2D eigenvalue weighted by atomic mass is 32.1. The van der Waals surface area contributed by atoms with Gasteiger partial charge < -0.3 is 15.2 Å². The molecular weight excluding hydrogens is 274 g/mol. The van der Waals surface area contributed by atoms with Crippen molar-refractivity contribution in [1.29, 1.82) is 0 Å². The van der Waals surface area contributed by atoms with Crippen molar-refractivity contribution >= 4 is 33.3 Å². The average Bonchev–Trinajstić information content (AvgIpc) is 3.04. The summed E-state index contributed by atoms with van der Waals surface area (Å²) in [5.41, 5.74) is 1.97. The van der Waals surface area contributed by atoms with E-state index in [9.17, 15) is 0 Å². The van der Waals surface area contributed by atoms with Crippen LogP contribution in [0.3, 0.4) is 0 Å². The highest BCUT2D eigenvalue weighted by Gasteiger charge is 2.12. The monoisotopic (exact) mass is 289 g/mol. The molecule has 0 aliphatic heterocycles. The molecule has 0 saturated carbocycles. The molecule has 0 radical (unpaired) electrons. The van der Waals surface area contributed by atoms with Crippen molar-refractivity contribution in [1.82, 2.24) is 15.1 Å². The van der Waals surface area contributed by atoms with Gasteiger partial charge >= 0.3 is 0 Å². The summed E-state index contributed by atoms with van der Waals surface area (Å²) in [6.07, 6.45) is 0. The molecular formula is C13H15N5OS. The van der Waals surface area contributed by atoms with Gasteiger partial charge in [-0.1, -0.05) is 5.16 Å². The molecule has 0 atom stereocenters. The van der Waals surface area contributed by atoms with Crippen LogP contribution in [0.25, 0.3) is 10.2 Å². The predicted molar refractivity (Wildman–Crippen MR) is 80.3 cm³/mol. The maximum Gasteiger partial charge on any atom is 0.225 e. The van der Waals surface area contributed by atoms with Crippen LogP contribution in [0.5, 0.6) is 0 Å². The first kappa shape index (κ1) is 12.9. The Labute approximate surface area is 120 Å². The zero-order chi connectivity index (χ0) is 14.1. The largest absolute Gasteiger partial charge is 0.365 e. The van der Waals surface area contributed by atoms with Gasteiger partial charge in [0.15, 0.2) is 0 Å². The van der Waals surface area contributed by atoms with E-state index in [1.807, 2.05) is 32.3 Å². The maximum absolute atomic E-state index is 5.17. The lowest BCUT2D eigenvalue weighted by Crippen LogP contribution is -2.06. The molecule has 3 heterocycles. The highest BCUT2D eigenvalue weighted by Crippen LogP contribution is 2.27. The Morgan fingerprint density at radius 3 is 2.85 bits per heavy atom. The SMILES string of the molecule is CNc1nc(NCc2c(C)noc2C)c2ccsc2n1. The minimum Gasteiger partial charge on any atom is -0.365 e. The second kappa shape index (κ2) is 5.09. The highest BCUT2D eigenvalue weighted by molar-refractivity contribution is 7.16. The van der Waals surface area contributed by atoms with Gasteiger partial charge in [0.25, 0.3) is 0 Å². The van der Waals surface area contributed by atoms with Gasteiger partial charge in [-0.25, -0.2) is 4.98 Å². The van der Waals surface area contributed by atoms with Gasteiger partial charge in [0.2, 0.25) is 5.95 Å². The van der Waals surface area contributed by atoms with Crippen LogP contribution in [0.15, 0.2) is 16.0 Å². The van der Waals surface area contributed by atoms with Gasteiger partial charge in [-0.3, -0.25) is 0 Å². The Bertz CT molecular complexity index is 729. The summed E-state index contributed by atoms with van der Waals surface area (Å²) in [6.45, 7) is 4.48. The van der Waals surface area contributed by atoms with Crippen LogP contribution in [-0.2, 0) is 6.54 Å². The smallest absolute Gasteiger partial charge is 0.225 e. The van der Waals surface area contributed by atoms with E-state index in [1.165, 1.54) is 0 Å². The predicted octanol–water partition coefficient (Wildman–Crippen LogP) is 2.95. The molecule has 0 amide bonds. The molecule has 0 aromatic carbocycles. The third kappa shape index (κ3) is 2.20. The van der Waals surface area contributed by atoms with Crippen molar-refractivity contribution in [2.45, 2.75) is 20.4 Å². The molecule has 6 nitrogen and oxygen atoms in total. The summed E-state index contributed by atoms with van der Waals surface area (Å²) in [4.78, 5) is 9.86. The van der Waals surface area contributed by atoms with Gasteiger partial charge in [0.05, 0.1) is 11.1 Å². The molecule has 20 heavy (non-hydrogen) atoms. The summed E-state index contributed by atoms with van der Waals surface area (Å²) < 4.78 is 5.17. The van der Waals surface area contributed by atoms with Crippen LogP contribution >= 0.6 is 11.3 Å². The van der Waals surface area contributed by atoms with Crippen LogP contribution in [0.2, 0.25) is 0 Å². The molecule has 0 bridgehead atoms. The Hall–Kier alpha value is -2.15. The van der Waals surface area contributed by atoms with Crippen molar-refractivity contribution < 1.29 is 4.52 Å². The molecule has 2 N–H and O–H groups in total. The Morgan fingerprint density at radius 1 is 1.30 bits per heavy atom. The van der Waals surface area contributed by atoms with Crippen LogP contribution in [0.4, 0.5) is 11.8 Å². The number of aromatic nitrogens is 3. The summed E-state index contributed by atoms with van der Waals surface area (Å²) in [5, 5.41) is 13.3. The fraction of sp³-hybridized carbons (Fsp3) is 0.308. The Balaban J connectivity index is 1.92. The van der Waals surface area contributed by atoms with Gasteiger partial charge in [-0.05, 0) is 25.3 Å². The van der Waals surface area contributed by atoms with Crippen molar-refractivity contribution in [3.63, 3.8) is 0 Å². The van der Waals surface area contributed by atoms with Crippen LogP contribution in [0, 0.1) is 13.8 Å². The number of anilines is 2. The fourth-order valence-corrected chi connectivity index (χ4v) is 2.79. The summed E-state index contributed by atoms with van der Waals surface area (Å²) in [6, 6.07) is 2.02. The number of thiophene rings is 1. The van der Waals surface area contributed by atoms with Gasteiger partial charge in [0.1, 0.15) is 16.4 Å². The topological polar surface area (TPSA) is 75.9 Å². The van der Waals surface area contributed by atoms with E-state index in [2.05, 4.69) is 25.8 Å². The lowest BCUT2D eigenvalue weighted by molar-refractivity contribution is 0.392. The molecule has 0 unspecified atom stereocenters. The van der Waals surface area contributed by atoms with Crippen LogP contribution in [0.1, 0.15) is 17.0 Å². The molecule has 3 rings (SSSR count). The zero-order valence-electron chi connectivity index (χ0n) is 11.5. The zero-order valence-corrected chi connectivity index (χ0v) is 12.3. The second-order valence-electron chi connectivity index (χ2n) is 4.44. The Kier molecular flexibility index (Phi) is 3.27. The molecule has 3 aromatic heterocycles. The van der Waals surface area contributed by atoms with Gasteiger partial charge in [0, 0.05) is 19.2 Å². The van der Waals surface area contributed by atoms with Crippen molar-refractivity contribution in [3.8, 4) is 0 Å². The number of rotatable bonds is 4. The number of nitrogens with one attached hydrogen (secondary N) is 2. The van der Waals surface area contributed by atoms with E-state index in [4.69, 9.17) is 4.52 Å². The second-order valence-corrected chi connectivity index (χ2v) is 5.34. The number of hydrogen-bond acceptors (Lipinski definition) is 7. The van der Waals surface area contributed by atoms with E-state index in [0.717, 1.165) is 33.1 Å². The van der Waals surface area contributed by atoms with Crippen LogP contribution in [-0.4, -0.2) is 22.2 Å². The van der Waals surface area contributed by atoms with Crippen molar-refractivity contribution in [2.75, 3.05) is 17.7 Å². The number of hydrogen-bond donors (Lipinski definition) is 2. The quantitative estimate of drug-likeness (QED) is 0.769. The summed E-state index contributed by atoms with van der Waals surface area (Å²) >= 11 is 1.60. The van der Waals surface area contributed by atoms with Crippen molar-refractivity contribution in [3.05, 3.63) is 28.5 Å². The summed E-state index contributed by atoms with van der Waals surface area (Å²) in [7, 11) is 1.81. The molecule has 3 aromatic rings. The average molecular weight is 289 g/mol. The Morgan fingerprint density at radius 2 is 2.15 bits per heavy atom. The van der Waals surface area contributed by atoms with E-state index >= 15 is 0 Å². The van der Waals surface area contributed by atoms with E-state index < -0.39 is 0 Å². The standard InChI is InChI=1S/C13H15N5OS/c1-7-10(8(2)19-18-7)6-15-11-9-4-5-20-12(9)17-13(14-3)16-11/h4-5H,6H2,1-3H3,(H2,14,15,16,17). The summed E-state index contributed by atoms with van der Waals surface area (Å²) in [5.74, 6) is 2.27. The fourth-order valence-electron chi connectivity index (χ4n) is 2.03. The van der Waals surface area contributed by atoms with Gasteiger partial charge in [-0.15, -0.1) is 11.3 Å². The lowest BCUT2D eigenvalue weighted by atomic mass is 10.2. The molecule has 104 valence electrons. The third-order valence-electron chi connectivity index (χ3n) is 3.16. The molecule has 0 spiro atoms. The maximum atomic E-state index is 5.17. The first-order valence-corrected chi connectivity index (χ1v) is 7.15. The first-order valence-electron chi connectivity index (χ1n) is 6.27. The minimum absolute atomic E-state index is 0.612. The first-order chi connectivity index (χ1) is 9.69. The number of aryl methyl sites for hydroxylation is 2. The molecule has 7 heteroatoms. The van der Waals surface area contributed by atoms with Crippen molar-refractivity contribution in [2.24, 2.45) is 0 Å². The lowest BCUT2D eigenvalue weighted by Gasteiger charge is -2.08. The van der Waals surface area contributed by atoms with Crippen LogP contribution < -0.4 is 10.6 Å². The van der Waals surface area contributed by atoms with E-state index in [1.54, 1.807) is 11.3 Å². The number of nitrogens with zero attached hydrogens (tertiary/aromatic N) is 3.